The minimum atomic E-state index is -0.161. The van der Waals surface area contributed by atoms with Crippen LogP contribution < -0.4 is 5.32 Å². The number of nitrogens with one attached hydrogen (secondary N) is 1. The van der Waals surface area contributed by atoms with Crippen molar-refractivity contribution in [2.45, 2.75) is 32.2 Å². The number of benzene rings is 1. The summed E-state index contributed by atoms with van der Waals surface area (Å²) < 4.78 is 18.0. The molecule has 96 valence electrons. The molecule has 1 atom stereocenters. The maximum absolute atomic E-state index is 13.0. The van der Waals surface area contributed by atoms with Gasteiger partial charge in [0.25, 0.3) is 0 Å². The van der Waals surface area contributed by atoms with Crippen LogP contribution in [0.15, 0.2) is 18.2 Å². The molecule has 1 rings (SSSR count). The van der Waals surface area contributed by atoms with Crippen molar-refractivity contribution in [1.82, 2.24) is 5.32 Å². The molecule has 0 saturated carbocycles. The Bertz CT molecular complexity index is 341. The summed E-state index contributed by atoms with van der Waals surface area (Å²) >= 11 is 0. The molecule has 1 aromatic carbocycles. The van der Waals surface area contributed by atoms with Gasteiger partial charge in [-0.05, 0) is 56.5 Å². The first-order valence-corrected chi connectivity index (χ1v) is 6.08. The fraction of sp³-hybridized carbons (Fsp3) is 0.571. The van der Waals surface area contributed by atoms with Crippen LogP contribution in [0.3, 0.4) is 0 Å². The van der Waals surface area contributed by atoms with Gasteiger partial charge in [-0.1, -0.05) is 6.07 Å². The third-order valence-electron chi connectivity index (χ3n) is 3.08. The fourth-order valence-electron chi connectivity index (χ4n) is 1.98. The largest absolute Gasteiger partial charge is 0.385 e. The molecule has 0 fully saturated rings. The highest BCUT2D eigenvalue weighted by molar-refractivity contribution is 5.27. The minimum absolute atomic E-state index is 0.161. The number of aryl methyl sites for hydroxylation is 1. The second-order valence-electron chi connectivity index (χ2n) is 4.40. The van der Waals surface area contributed by atoms with E-state index in [2.05, 4.69) is 5.32 Å². The van der Waals surface area contributed by atoms with Crippen molar-refractivity contribution < 1.29 is 9.13 Å². The van der Waals surface area contributed by atoms with Gasteiger partial charge in [0.15, 0.2) is 0 Å². The molecule has 3 heteroatoms. The number of halogens is 1. The Labute approximate surface area is 103 Å². The van der Waals surface area contributed by atoms with Gasteiger partial charge >= 0.3 is 0 Å². The van der Waals surface area contributed by atoms with Crippen LogP contribution in [0.4, 0.5) is 4.39 Å². The molecule has 0 aliphatic rings. The lowest BCUT2D eigenvalue weighted by atomic mass is 9.98. The first-order chi connectivity index (χ1) is 8.17. The van der Waals surface area contributed by atoms with Crippen molar-refractivity contribution in [3.63, 3.8) is 0 Å². The first-order valence-electron chi connectivity index (χ1n) is 6.08. The molecule has 0 bridgehead atoms. The summed E-state index contributed by atoms with van der Waals surface area (Å²) in [5.74, 6) is -0.161. The van der Waals surface area contributed by atoms with Crippen molar-refractivity contribution in [3.8, 4) is 0 Å². The Morgan fingerprint density at radius 2 is 2.18 bits per heavy atom. The van der Waals surface area contributed by atoms with E-state index in [0.29, 0.717) is 6.04 Å². The number of hydrogen-bond acceptors (Lipinski definition) is 2. The van der Waals surface area contributed by atoms with E-state index in [1.165, 1.54) is 11.6 Å². The third-order valence-corrected chi connectivity index (χ3v) is 3.08. The molecule has 2 nitrogen and oxygen atoms in total. The molecule has 0 amide bonds. The number of ether oxygens (including phenoxy) is 1. The predicted octanol–water partition coefficient (Wildman–Crippen LogP) is 2.69. The molecule has 1 unspecified atom stereocenters. The van der Waals surface area contributed by atoms with Crippen LogP contribution in [0.1, 0.15) is 24.0 Å². The Morgan fingerprint density at radius 1 is 1.41 bits per heavy atom. The lowest BCUT2D eigenvalue weighted by molar-refractivity contribution is 0.189. The molecule has 1 aromatic rings. The average molecular weight is 239 g/mol. The van der Waals surface area contributed by atoms with Crippen LogP contribution >= 0.6 is 0 Å². The van der Waals surface area contributed by atoms with Crippen LogP contribution in [-0.4, -0.2) is 26.8 Å². The van der Waals surface area contributed by atoms with Gasteiger partial charge < -0.3 is 10.1 Å². The van der Waals surface area contributed by atoms with Gasteiger partial charge in [0, 0.05) is 19.8 Å². The molecule has 0 heterocycles. The minimum Gasteiger partial charge on any atom is -0.385 e. The zero-order valence-electron chi connectivity index (χ0n) is 10.9. The highest BCUT2D eigenvalue weighted by Crippen LogP contribution is 2.14. The zero-order chi connectivity index (χ0) is 12.7. The monoisotopic (exact) mass is 239 g/mol. The third kappa shape index (κ3) is 4.84. The van der Waals surface area contributed by atoms with E-state index in [4.69, 9.17) is 4.74 Å². The number of methoxy groups -OCH3 is 1. The molecule has 0 aliphatic carbocycles. The summed E-state index contributed by atoms with van der Waals surface area (Å²) in [6.07, 6.45) is 3.05. The van der Waals surface area contributed by atoms with Crippen LogP contribution in [0, 0.1) is 12.7 Å². The summed E-state index contributed by atoms with van der Waals surface area (Å²) in [7, 11) is 3.69. The van der Waals surface area contributed by atoms with Crippen molar-refractivity contribution >= 4 is 0 Å². The van der Waals surface area contributed by atoms with Crippen LogP contribution in [0.2, 0.25) is 0 Å². The van der Waals surface area contributed by atoms with Crippen molar-refractivity contribution in [2.24, 2.45) is 0 Å². The molecule has 0 aromatic heterocycles. The summed E-state index contributed by atoms with van der Waals surface area (Å²) in [4.78, 5) is 0. The van der Waals surface area contributed by atoms with E-state index in [-0.39, 0.29) is 5.82 Å². The molecule has 1 N–H and O–H groups in total. The highest BCUT2D eigenvalue weighted by atomic mass is 19.1. The second-order valence-corrected chi connectivity index (χ2v) is 4.40. The lowest BCUT2D eigenvalue weighted by Crippen LogP contribution is -2.28. The molecular weight excluding hydrogens is 217 g/mol. The Kier molecular flexibility index (Phi) is 6.16. The summed E-state index contributed by atoms with van der Waals surface area (Å²) in [6, 6.07) is 5.43. The van der Waals surface area contributed by atoms with Crippen LogP contribution in [0.5, 0.6) is 0 Å². The quantitative estimate of drug-likeness (QED) is 0.739. The van der Waals surface area contributed by atoms with Crippen molar-refractivity contribution in [3.05, 3.63) is 35.1 Å². The summed E-state index contributed by atoms with van der Waals surface area (Å²) in [6.45, 7) is 2.75. The molecule has 17 heavy (non-hydrogen) atoms. The van der Waals surface area contributed by atoms with Gasteiger partial charge in [-0.25, -0.2) is 4.39 Å². The first kappa shape index (κ1) is 14.1. The molecule has 0 radical (unpaired) electrons. The maximum Gasteiger partial charge on any atom is 0.123 e. The van der Waals surface area contributed by atoms with Gasteiger partial charge in [-0.3, -0.25) is 0 Å². The fourth-order valence-corrected chi connectivity index (χ4v) is 1.98. The Morgan fingerprint density at radius 3 is 2.76 bits per heavy atom. The van der Waals surface area contributed by atoms with Crippen LogP contribution in [0.25, 0.3) is 0 Å². The van der Waals surface area contributed by atoms with E-state index in [1.807, 2.05) is 20.0 Å². The normalized spacial score (nSPS) is 12.7. The molecule has 0 aliphatic heterocycles. The van der Waals surface area contributed by atoms with Gasteiger partial charge in [0.2, 0.25) is 0 Å². The van der Waals surface area contributed by atoms with Gasteiger partial charge in [-0.15, -0.1) is 0 Å². The van der Waals surface area contributed by atoms with E-state index in [0.717, 1.165) is 31.4 Å². The van der Waals surface area contributed by atoms with E-state index in [1.54, 1.807) is 13.2 Å². The second kappa shape index (κ2) is 7.41. The Balaban J connectivity index is 2.54. The van der Waals surface area contributed by atoms with Gasteiger partial charge in [-0.2, -0.15) is 0 Å². The maximum atomic E-state index is 13.0. The standard InChI is InChI=1S/C14H22FNO/c1-11-9-13(15)7-6-12(11)10-14(16-2)5-4-8-17-3/h6-7,9,14,16H,4-5,8,10H2,1-3H3. The summed E-state index contributed by atoms with van der Waals surface area (Å²) in [5.41, 5.74) is 2.24. The number of likely N-dealkylation sites (N-methyl/N-ethyl adjacent to an activating group) is 1. The highest BCUT2D eigenvalue weighted by Gasteiger charge is 2.09. The molecular formula is C14H22FNO. The van der Waals surface area contributed by atoms with E-state index < -0.39 is 0 Å². The van der Waals surface area contributed by atoms with Crippen molar-refractivity contribution in [1.29, 1.82) is 0 Å². The number of rotatable bonds is 7. The van der Waals surface area contributed by atoms with E-state index >= 15 is 0 Å². The van der Waals surface area contributed by atoms with Crippen LogP contribution in [-0.2, 0) is 11.2 Å². The smallest absolute Gasteiger partial charge is 0.123 e. The van der Waals surface area contributed by atoms with Crippen molar-refractivity contribution in [2.75, 3.05) is 20.8 Å². The summed E-state index contributed by atoms with van der Waals surface area (Å²) in [5, 5.41) is 3.30. The number of hydrogen-bond donors (Lipinski definition) is 1. The average Bonchev–Trinajstić information content (AvgIpc) is 2.31. The Hall–Kier alpha value is -0.930. The predicted molar refractivity (Wildman–Crippen MR) is 68.8 cm³/mol. The topological polar surface area (TPSA) is 21.3 Å². The van der Waals surface area contributed by atoms with Gasteiger partial charge in [0.1, 0.15) is 5.82 Å². The van der Waals surface area contributed by atoms with E-state index in [9.17, 15) is 4.39 Å². The zero-order valence-corrected chi connectivity index (χ0v) is 10.9. The molecule has 0 saturated heterocycles. The lowest BCUT2D eigenvalue weighted by Gasteiger charge is -2.17. The molecule has 0 spiro atoms. The SMILES string of the molecule is CNC(CCCOC)Cc1ccc(F)cc1C. The van der Waals surface area contributed by atoms with Gasteiger partial charge in [0.05, 0.1) is 0 Å².